The van der Waals surface area contributed by atoms with Crippen LogP contribution in [0.3, 0.4) is 0 Å². The van der Waals surface area contributed by atoms with E-state index in [0.29, 0.717) is 35.8 Å². The lowest BCUT2D eigenvalue weighted by atomic mass is 10.0. The molecule has 4 heterocycles. The molecule has 0 spiro atoms. The molecule has 0 bridgehead atoms. The van der Waals surface area contributed by atoms with E-state index < -0.39 is 0 Å². The number of para-hydroxylation sites is 1. The predicted octanol–water partition coefficient (Wildman–Crippen LogP) is 2.83. The second kappa shape index (κ2) is 6.55. The van der Waals surface area contributed by atoms with Crippen molar-refractivity contribution in [1.29, 1.82) is 0 Å². The zero-order valence-corrected chi connectivity index (χ0v) is 17.4. The number of nitrogens with zero attached hydrogens (tertiary/aromatic N) is 5. The van der Waals surface area contributed by atoms with Crippen LogP contribution >= 0.6 is 0 Å². The minimum atomic E-state index is -0.0917. The minimum Gasteiger partial charge on any atom is -0.361 e. The van der Waals surface area contributed by atoms with Gasteiger partial charge in [-0.15, -0.1) is 0 Å². The highest BCUT2D eigenvalue weighted by Crippen LogP contribution is 2.40. The number of amides is 2. The zero-order chi connectivity index (χ0) is 21.2. The fourth-order valence-corrected chi connectivity index (χ4v) is 4.66. The molecule has 30 heavy (non-hydrogen) atoms. The fraction of sp³-hybridized carbons (Fsp3) is 0.364. The number of aromatic nitrogens is 3. The largest absolute Gasteiger partial charge is 0.361 e. The summed E-state index contributed by atoms with van der Waals surface area (Å²) in [6.45, 7) is 8.49. The van der Waals surface area contributed by atoms with Crippen molar-refractivity contribution in [1.82, 2.24) is 24.7 Å². The third kappa shape index (κ3) is 2.52. The molecule has 1 saturated heterocycles. The smallest absolute Gasteiger partial charge is 0.273 e. The van der Waals surface area contributed by atoms with Gasteiger partial charge in [0.15, 0.2) is 0 Å². The number of carbonyl (C=O) groups excluding carboxylic acids is 2. The second-order valence-electron chi connectivity index (χ2n) is 8.05. The van der Waals surface area contributed by atoms with E-state index in [1.54, 1.807) is 23.4 Å². The molecule has 0 N–H and O–H groups in total. The van der Waals surface area contributed by atoms with Gasteiger partial charge in [0.05, 0.1) is 29.2 Å². The first-order valence-electron chi connectivity index (χ1n) is 10.1. The van der Waals surface area contributed by atoms with Crippen LogP contribution in [-0.2, 0) is 0 Å². The summed E-state index contributed by atoms with van der Waals surface area (Å²) in [5, 5.41) is 8.49. The first kappa shape index (κ1) is 18.6. The molecule has 2 amide bonds. The molecular formula is C22H23N5O3. The van der Waals surface area contributed by atoms with Gasteiger partial charge in [0.25, 0.3) is 11.8 Å². The van der Waals surface area contributed by atoms with E-state index in [4.69, 9.17) is 4.52 Å². The van der Waals surface area contributed by atoms with Gasteiger partial charge in [0, 0.05) is 18.7 Å². The Balaban J connectivity index is 1.39. The summed E-state index contributed by atoms with van der Waals surface area (Å²) in [6, 6.07) is 9.60. The molecule has 1 unspecified atom stereocenters. The van der Waals surface area contributed by atoms with E-state index in [2.05, 4.69) is 10.3 Å². The number of hydrogen-bond donors (Lipinski definition) is 0. The van der Waals surface area contributed by atoms with Gasteiger partial charge in [-0.25, -0.2) is 4.68 Å². The van der Waals surface area contributed by atoms with Crippen molar-refractivity contribution in [3.8, 4) is 5.69 Å². The molecule has 1 aromatic carbocycles. The molecule has 1 fully saturated rings. The van der Waals surface area contributed by atoms with Crippen LogP contribution in [0, 0.1) is 20.8 Å². The standard InChI is InChI=1S/C22H23N5O3/c1-12-18-14(3)26(22(29)20(18)27(23-12)16-8-6-5-7-9-16)17-10-25(11-17)21(28)19-13(2)24-30-15(19)4/h5-9,14,17H,10-11H2,1-4H3. The number of benzene rings is 1. The molecule has 2 aliphatic heterocycles. The van der Waals surface area contributed by atoms with Crippen LogP contribution < -0.4 is 0 Å². The molecule has 0 aliphatic carbocycles. The molecule has 2 aliphatic rings. The van der Waals surface area contributed by atoms with Gasteiger partial charge >= 0.3 is 0 Å². The van der Waals surface area contributed by atoms with Gasteiger partial charge in [0.1, 0.15) is 17.0 Å². The first-order valence-corrected chi connectivity index (χ1v) is 10.1. The van der Waals surface area contributed by atoms with E-state index >= 15 is 0 Å². The van der Waals surface area contributed by atoms with E-state index in [0.717, 1.165) is 16.9 Å². The maximum absolute atomic E-state index is 13.4. The molecule has 3 aromatic rings. The SMILES string of the molecule is Cc1noc(C)c1C(=O)N1CC(N2C(=O)c3c(c(C)nn3-c3ccccc3)C2C)C1. The minimum absolute atomic E-state index is 0.0204. The molecule has 154 valence electrons. The molecular weight excluding hydrogens is 382 g/mol. The normalized spacial score (nSPS) is 18.7. The van der Waals surface area contributed by atoms with Crippen molar-refractivity contribution >= 4 is 11.8 Å². The Bertz CT molecular complexity index is 1140. The Labute approximate surface area is 174 Å². The summed E-state index contributed by atoms with van der Waals surface area (Å²) in [7, 11) is 0. The van der Waals surface area contributed by atoms with Gasteiger partial charge in [-0.1, -0.05) is 23.4 Å². The number of hydrogen-bond acceptors (Lipinski definition) is 5. The fourth-order valence-electron chi connectivity index (χ4n) is 4.66. The van der Waals surface area contributed by atoms with Gasteiger partial charge < -0.3 is 14.3 Å². The highest BCUT2D eigenvalue weighted by atomic mass is 16.5. The number of carbonyl (C=O) groups is 2. The van der Waals surface area contributed by atoms with E-state index in [1.165, 1.54) is 0 Å². The summed E-state index contributed by atoms with van der Waals surface area (Å²) in [6.07, 6.45) is 0. The second-order valence-corrected chi connectivity index (χ2v) is 8.05. The number of fused-ring (bicyclic) bond motifs is 1. The van der Waals surface area contributed by atoms with Crippen LogP contribution in [0.2, 0.25) is 0 Å². The molecule has 1 atom stereocenters. The number of likely N-dealkylation sites (tertiary alicyclic amines) is 1. The van der Waals surface area contributed by atoms with Gasteiger partial charge in [-0.2, -0.15) is 5.10 Å². The monoisotopic (exact) mass is 405 g/mol. The van der Waals surface area contributed by atoms with Gasteiger partial charge in [-0.3, -0.25) is 9.59 Å². The van der Waals surface area contributed by atoms with Crippen molar-refractivity contribution in [2.24, 2.45) is 0 Å². The van der Waals surface area contributed by atoms with Crippen molar-refractivity contribution in [3.63, 3.8) is 0 Å². The summed E-state index contributed by atoms with van der Waals surface area (Å²) >= 11 is 0. The number of rotatable bonds is 3. The molecule has 0 radical (unpaired) electrons. The molecule has 8 nitrogen and oxygen atoms in total. The van der Waals surface area contributed by atoms with Gasteiger partial charge in [-0.05, 0) is 39.8 Å². The first-order chi connectivity index (χ1) is 14.4. The van der Waals surface area contributed by atoms with Crippen LogP contribution in [0.25, 0.3) is 5.69 Å². The average Bonchev–Trinajstić information content (AvgIpc) is 3.30. The summed E-state index contributed by atoms with van der Waals surface area (Å²) in [4.78, 5) is 29.9. The average molecular weight is 405 g/mol. The summed E-state index contributed by atoms with van der Waals surface area (Å²) in [5.41, 5.74) is 4.44. The van der Waals surface area contributed by atoms with Crippen molar-refractivity contribution in [2.45, 2.75) is 39.8 Å². The lowest BCUT2D eigenvalue weighted by Gasteiger charge is -2.45. The molecule has 2 aromatic heterocycles. The Hall–Kier alpha value is -3.42. The lowest BCUT2D eigenvalue weighted by Crippen LogP contribution is -2.61. The summed E-state index contributed by atoms with van der Waals surface area (Å²) < 4.78 is 6.87. The van der Waals surface area contributed by atoms with Crippen molar-refractivity contribution < 1.29 is 14.1 Å². The zero-order valence-electron chi connectivity index (χ0n) is 17.4. The Kier molecular flexibility index (Phi) is 4.06. The maximum Gasteiger partial charge on any atom is 0.273 e. The van der Waals surface area contributed by atoms with Crippen LogP contribution in [0.5, 0.6) is 0 Å². The van der Waals surface area contributed by atoms with Crippen LogP contribution in [0.4, 0.5) is 0 Å². The molecule has 5 rings (SSSR count). The highest BCUT2D eigenvalue weighted by molar-refractivity contribution is 6.00. The third-order valence-corrected chi connectivity index (χ3v) is 6.17. The van der Waals surface area contributed by atoms with Crippen LogP contribution in [-0.4, -0.2) is 55.7 Å². The quantitative estimate of drug-likeness (QED) is 0.669. The summed E-state index contributed by atoms with van der Waals surface area (Å²) in [5.74, 6) is 0.403. The lowest BCUT2D eigenvalue weighted by molar-refractivity contribution is 0.0162. The predicted molar refractivity (Wildman–Crippen MR) is 109 cm³/mol. The van der Waals surface area contributed by atoms with Gasteiger partial charge in [0.2, 0.25) is 0 Å². The van der Waals surface area contributed by atoms with E-state index in [-0.39, 0.29) is 23.9 Å². The molecule has 0 saturated carbocycles. The molecule has 8 heteroatoms. The van der Waals surface area contributed by atoms with E-state index in [9.17, 15) is 9.59 Å². The Morgan fingerprint density at radius 2 is 1.80 bits per heavy atom. The van der Waals surface area contributed by atoms with Crippen molar-refractivity contribution in [3.05, 3.63) is 64.3 Å². The third-order valence-electron chi connectivity index (χ3n) is 6.17. The van der Waals surface area contributed by atoms with Crippen LogP contribution in [0.15, 0.2) is 34.9 Å². The van der Waals surface area contributed by atoms with Crippen LogP contribution in [0.1, 0.15) is 56.5 Å². The topological polar surface area (TPSA) is 84.5 Å². The van der Waals surface area contributed by atoms with Crippen molar-refractivity contribution in [2.75, 3.05) is 13.1 Å². The number of aryl methyl sites for hydroxylation is 3. The Morgan fingerprint density at radius 3 is 2.43 bits per heavy atom. The maximum atomic E-state index is 13.4. The Morgan fingerprint density at radius 1 is 1.10 bits per heavy atom. The highest BCUT2D eigenvalue weighted by Gasteiger charge is 2.47. The van der Waals surface area contributed by atoms with E-state index in [1.807, 2.05) is 49.1 Å².